The van der Waals surface area contributed by atoms with Gasteiger partial charge in [0.25, 0.3) is 0 Å². The molecule has 2 saturated heterocycles. The van der Waals surface area contributed by atoms with Crippen molar-refractivity contribution in [3.63, 3.8) is 0 Å². The SMILES string of the molecule is C1CCC(CN2CCCNC3(CCCC3)C2)SC1. The van der Waals surface area contributed by atoms with Crippen molar-refractivity contribution >= 4 is 11.8 Å². The molecule has 0 bridgehead atoms. The van der Waals surface area contributed by atoms with Crippen LogP contribution in [0.3, 0.4) is 0 Å². The third kappa shape index (κ3) is 3.23. The summed E-state index contributed by atoms with van der Waals surface area (Å²) < 4.78 is 0. The molecule has 2 nitrogen and oxygen atoms in total. The maximum atomic E-state index is 3.88. The zero-order valence-corrected chi connectivity index (χ0v) is 12.4. The van der Waals surface area contributed by atoms with Crippen LogP contribution in [0.5, 0.6) is 0 Å². The highest BCUT2D eigenvalue weighted by atomic mass is 32.2. The van der Waals surface area contributed by atoms with Crippen LogP contribution in [0.2, 0.25) is 0 Å². The second kappa shape index (κ2) is 6.15. The highest BCUT2D eigenvalue weighted by Gasteiger charge is 2.36. The van der Waals surface area contributed by atoms with Gasteiger partial charge < -0.3 is 10.2 Å². The van der Waals surface area contributed by atoms with Gasteiger partial charge in [0.15, 0.2) is 0 Å². The van der Waals surface area contributed by atoms with Crippen LogP contribution in [0, 0.1) is 0 Å². The molecule has 1 atom stereocenters. The molecular weight excluding hydrogens is 240 g/mol. The van der Waals surface area contributed by atoms with E-state index < -0.39 is 0 Å². The first-order chi connectivity index (χ1) is 8.86. The van der Waals surface area contributed by atoms with Gasteiger partial charge in [0.05, 0.1) is 0 Å². The molecule has 0 amide bonds. The van der Waals surface area contributed by atoms with Crippen LogP contribution in [0.4, 0.5) is 0 Å². The van der Waals surface area contributed by atoms with Gasteiger partial charge in [0, 0.05) is 23.9 Å². The Morgan fingerprint density at radius 1 is 1.11 bits per heavy atom. The van der Waals surface area contributed by atoms with Gasteiger partial charge in [-0.25, -0.2) is 0 Å². The fraction of sp³-hybridized carbons (Fsp3) is 1.00. The van der Waals surface area contributed by atoms with Crippen molar-refractivity contribution in [3.05, 3.63) is 0 Å². The van der Waals surface area contributed by atoms with E-state index in [1.165, 1.54) is 83.3 Å². The molecule has 0 aromatic carbocycles. The molecule has 3 heteroatoms. The lowest BCUT2D eigenvalue weighted by Crippen LogP contribution is -2.50. The molecule has 3 rings (SSSR count). The Bertz CT molecular complexity index is 257. The number of hydrogen-bond acceptors (Lipinski definition) is 3. The van der Waals surface area contributed by atoms with Crippen LogP contribution in [0.25, 0.3) is 0 Å². The summed E-state index contributed by atoms with van der Waals surface area (Å²) in [6.45, 7) is 5.25. The summed E-state index contributed by atoms with van der Waals surface area (Å²) in [6, 6.07) is 0. The largest absolute Gasteiger partial charge is 0.310 e. The summed E-state index contributed by atoms with van der Waals surface area (Å²) in [6.07, 6.45) is 11.4. The van der Waals surface area contributed by atoms with Crippen LogP contribution in [0.15, 0.2) is 0 Å². The molecule has 0 aromatic rings. The number of nitrogens with zero attached hydrogens (tertiary/aromatic N) is 1. The Kier molecular flexibility index (Phi) is 4.53. The van der Waals surface area contributed by atoms with E-state index in [0.717, 1.165) is 5.25 Å². The van der Waals surface area contributed by atoms with E-state index in [1.54, 1.807) is 0 Å². The van der Waals surface area contributed by atoms with Gasteiger partial charge in [-0.1, -0.05) is 19.3 Å². The van der Waals surface area contributed by atoms with E-state index in [1.807, 2.05) is 0 Å². The van der Waals surface area contributed by atoms with Gasteiger partial charge in [-0.3, -0.25) is 0 Å². The summed E-state index contributed by atoms with van der Waals surface area (Å²) in [5.74, 6) is 1.40. The smallest absolute Gasteiger partial charge is 0.0308 e. The summed E-state index contributed by atoms with van der Waals surface area (Å²) in [5.41, 5.74) is 0.496. The fourth-order valence-corrected chi connectivity index (χ4v) is 5.35. The molecule has 3 aliphatic rings. The first-order valence-electron chi connectivity index (χ1n) is 7.95. The number of thioether (sulfide) groups is 1. The molecule has 1 spiro atoms. The van der Waals surface area contributed by atoms with Gasteiger partial charge in [-0.2, -0.15) is 11.8 Å². The average molecular weight is 268 g/mol. The lowest BCUT2D eigenvalue weighted by Gasteiger charge is -2.35. The molecular formula is C15H28N2S. The van der Waals surface area contributed by atoms with E-state index in [-0.39, 0.29) is 0 Å². The average Bonchev–Trinajstić information content (AvgIpc) is 2.75. The quantitative estimate of drug-likeness (QED) is 0.829. The molecule has 2 heterocycles. The first-order valence-corrected chi connectivity index (χ1v) is 9.00. The molecule has 1 saturated carbocycles. The molecule has 104 valence electrons. The minimum absolute atomic E-state index is 0.496. The zero-order chi connectivity index (χ0) is 12.3. The monoisotopic (exact) mass is 268 g/mol. The Morgan fingerprint density at radius 2 is 2.00 bits per heavy atom. The first kappa shape index (κ1) is 13.3. The van der Waals surface area contributed by atoms with Gasteiger partial charge in [0.2, 0.25) is 0 Å². The van der Waals surface area contributed by atoms with Gasteiger partial charge in [-0.05, 0) is 50.9 Å². The van der Waals surface area contributed by atoms with Gasteiger partial charge in [-0.15, -0.1) is 0 Å². The van der Waals surface area contributed by atoms with E-state index in [4.69, 9.17) is 0 Å². The second-order valence-corrected chi connectivity index (χ2v) is 7.90. The summed E-state index contributed by atoms with van der Waals surface area (Å²) in [5, 5.41) is 4.80. The molecule has 3 fully saturated rings. The van der Waals surface area contributed by atoms with Crippen molar-refractivity contribution in [2.45, 2.75) is 62.2 Å². The lowest BCUT2D eigenvalue weighted by atomic mass is 9.97. The van der Waals surface area contributed by atoms with Crippen molar-refractivity contribution in [2.75, 3.05) is 31.9 Å². The third-order valence-electron chi connectivity index (χ3n) is 4.97. The highest BCUT2D eigenvalue weighted by molar-refractivity contribution is 7.99. The number of rotatable bonds is 2. The third-order valence-corrected chi connectivity index (χ3v) is 6.35. The standard InChI is InChI=1S/C15H28N2S/c1-4-11-18-14(6-1)12-17-10-5-9-16-15(13-17)7-2-3-8-15/h14,16H,1-13H2. The van der Waals surface area contributed by atoms with E-state index in [2.05, 4.69) is 22.0 Å². The van der Waals surface area contributed by atoms with Crippen LogP contribution in [-0.2, 0) is 0 Å². The fourth-order valence-electron chi connectivity index (χ4n) is 4.00. The molecule has 1 aliphatic carbocycles. The van der Waals surface area contributed by atoms with Crippen molar-refractivity contribution in [3.8, 4) is 0 Å². The maximum Gasteiger partial charge on any atom is 0.0308 e. The Labute approximate surface area is 116 Å². The molecule has 2 aliphatic heterocycles. The summed E-state index contributed by atoms with van der Waals surface area (Å²) in [4.78, 5) is 2.79. The molecule has 1 unspecified atom stereocenters. The number of hydrogen-bond donors (Lipinski definition) is 1. The molecule has 1 N–H and O–H groups in total. The van der Waals surface area contributed by atoms with E-state index in [9.17, 15) is 0 Å². The molecule has 0 aromatic heterocycles. The second-order valence-electron chi connectivity index (χ2n) is 6.49. The predicted molar refractivity (Wildman–Crippen MR) is 80.4 cm³/mol. The summed E-state index contributed by atoms with van der Waals surface area (Å²) in [7, 11) is 0. The van der Waals surface area contributed by atoms with Crippen molar-refractivity contribution < 1.29 is 0 Å². The van der Waals surface area contributed by atoms with Crippen LogP contribution in [-0.4, -0.2) is 47.6 Å². The van der Waals surface area contributed by atoms with Gasteiger partial charge in [0.1, 0.15) is 0 Å². The minimum Gasteiger partial charge on any atom is -0.310 e. The maximum absolute atomic E-state index is 3.88. The van der Waals surface area contributed by atoms with Crippen LogP contribution in [0.1, 0.15) is 51.4 Å². The highest BCUT2D eigenvalue weighted by Crippen LogP contribution is 2.33. The molecule has 18 heavy (non-hydrogen) atoms. The summed E-state index contributed by atoms with van der Waals surface area (Å²) >= 11 is 2.23. The topological polar surface area (TPSA) is 15.3 Å². The van der Waals surface area contributed by atoms with Crippen LogP contribution >= 0.6 is 11.8 Å². The van der Waals surface area contributed by atoms with Crippen molar-refractivity contribution in [2.24, 2.45) is 0 Å². The predicted octanol–water partition coefficient (Wildman–Crippen LogP) is 2.88. The van der Waals surface area contributed by atoms with Gasteiger partial charge >= 0.3 is 0 Å². The van der Waals surface area contributed by atoms with E-state index >= 15 is 0 Å². The van der Waals surface area contributed by atoms with Crippen molar-refractivity contribution in [1.29, 1.82) is 0 Å². The van der Waals surface area contributed by atoms with Crippen LogP contribution < -0.4 is 5.32 Å². The van der Waals surface area contributed by atoms with E-state index in [0.29, 0.717) is 5.54 Å². The zero-order valence-electron chi connectivity index (χ0n) is 11.6. The Balaban J connectivity index is 1.56. The Hall–Kier alpha value is 0.270. The number of nitrogens with one attached hydrogen (secondary N) is 1. The normalized spacial score (nSPS) is 33.7. The molecule has 0 radical (unpaired) electrons. The lowest BCUT2D eigenvalue weighted by molar-refractivity contribution is 0.208. The minimum atomic E-state index is 0.496. The van der Waals surface area contributed by atoms with Crippen molar-refractivity contribution in [1.82, 2.24) is 10.2 Å². The Morgan fingerprint density at radius 3 is 2.78 bits per heavy atom.